The van der Waals surface area contributed by atoms with Crippen molar-refractivity contribution in [2.75, 3.05) is 0 Å². The molecule has 0 fully saturated rings. The third-order valence-electron chi connectivity index (χ3n) is 2.08. The van der Waals surface area contributed by atoms with Gasteiger partial charge in [-0.2, -0.15) is 8.78 Å². The van der Waals surface area contributed by atoms with Crippen LogP contribution in [0.1, 0.15) is 0 Å². The molecule has 0 bridgehead atoms. The highest BCUT2D eigenvalue weighted by atomic mass is 19.3. The molecule has 0 amide bonds. The topological polar surface area (TPSA) is 59.4 Å². The Balaban J connectivity index is 2.46. The van der Waals surface area contributed by atoms with Crippen molar-refractivity contribution in [2.45, 2.75) is 6.11 Å². The lowest BCUT2D eigenvalue weighted by molar-refractivity contribution is -0.210. The number of aliphatic carboxylic acids is 1. The van der Waals surface area contributed by atoms with Crippen molar-refractivity contribution in [3.63, 3.8) is 0 Å². The minimum Gasteiger partial charge on any atom is -0.474 e. The number of para-hydroxylation sites is 1. The molecule has 4 nitrogen and oxygen atoms in total. The summed E-state index contributed by atoms with van der Waals surface area (Å²) in [7, 11) is 0. The predicted octanol–water partition coefficient (Wildman–Crippen LogP) is 2.29. The standard InChI is InChI=1S/C11H7F2NO3/c12-11(13,10(15)16)17-8-5-1-3-7-4-2-6-14-9(7)8/h1-6H,(H,15,16). The largest absolute Gasteiger partial charge is 0.501 e. The first-order valence-electron chi connectivity index (χ1n) is 4.65. The minimum atomic E-state index is -4.27. The zero-order valence-corrected chi connectivity index (χ0v) is 8.43. The summed E-state index contributed by atoms with van der Waals surface area (Å²) in [5, 5.41) is 8.87. The molecule has 88 valence electrons. The Morgan fingerprint density at radius 2 is 2.00 bits per heavy atom. The van der Waals surface area contributed by atoms with Crippen molar-refractivity contribution in [3.8, 4) is 5.75 Å². The van der Waals surface area contributed by atoms with Crippen molar-refractivity contribution < 1.29 is 23.4 Å². The average Bonchev–Trinajstić information content (AvgIpc) is 2.29. The molecule has 6 heteroatoms. The van der Waals surface area contributed by atoms with Crippen molar-refractivity contribution >= 4 is 16.9 Å². The molecule has 1 heterocycles. The van der Waals surface area contributed by atoms with Gasteiger partial charge in [-0.15, -0.1) is 0 Å². The van der Waals surface area contributed by atoms with E-state index in [0.717, 1.165) is 0 Å². The second kappa shape index (κ2) is 3.97. The Bertz CT molecular complexity index is 566. The van der Waals surface area contributed by atoms with E-state index in [9.17, 15) is 13.6 Å². The number of benzene rings is 1. The Morgan fingerprint density at radius 3 is 2.71 bits per heavy atom. The first kappa shape index (κ1) is 11.3. The summed E-state index contributed by atoms with van der Waals surface area (Å²) in [6.45, 7) is 0. The molecule has 17 heavy (non-hydrogen) atoms. The summed E-state index contributed by atoms with van der Waals surface area (Å²) < 4.78 is 30.0. The van der Waals surface area contributed by atoms with Gasteiger partial charge in [0, 0.05) is 11.6 Å². The van der Waals surface area contributed by atoms with Crippen molar-refractivity contribution in [1.29, 1.82) is 0 Å². The van der Waals surface area contributed by atoms with Crippen LogP contribution in [0, 0.1) is 0 Å². The van der Waals surface area contributed by atoms with Crippen molar-refractivity contribution in [2.24, 2.45) is 0 Å². The van der Waals surface area contributed by atoms with Gasteiger partial charge in [-0.05, 0) is 12.1 Å². The van der Waals surface area contributed by atoms with E-state index < -0.39 is 12.1 Å². The van der Waals surface area contributed by atoms with Gasteiger partial charge in [0.25, 0.3) is 0 Å². The van der Waals surface area contributed by atoms with Gasteiger partial charge in [0.15, 0.2) is 5.75 Å². The molecule has 2 aromatic rings. The zero-order chi connectivity index (χ0) is 12.5. The van der Waals surface area contributed by atoms with E-state index in [4.69, 9.17) is 5.11 Å². The van der Waals surface area contributed by atoms with Crippen LogP contribution in [-0.2, 0) is 4.79 Å². The molecule has 1 N–H and O–H groups in total. The number of rotatable bonds is 3. The zero-order valence-electron chi connectivity index (χ0n) is 8.43. The molecule has 0 aliphatic heterocycles. The number of carbonyl (C=O) groups is 1. The number of hydrogen-bond acceptors (Lipinski definition) is 3. The highest BCUT2D eigenvalue weighted by molar-refractivity contribution is 5.84. The fourth-order valence-corrected chi connectivity index (χ4v) is 1.34. The van der Waals surface area contributed by atoms with Crippen LogP contribution < -0.4 is 4.74 Å². The summed E-state index contributed by atoms with van der Waals surface area (Å²) in [4.78, 5) is 14.1. The lowest BCUT2D eigenvalue weighted by atomic mass is 10.2. The van der Waals surface area contributed by atoms with Gasteiger partial charge in [-0.3, -0.25) is 4.98 Å². The van der Waals surface area contributed by atoms with Crippen LogP contribution in [-0.4, -0.2) is 22.2 Å². The molecule has 0 saturated carbocycles. The second-order valence-corrected chi connectivity index (χ2v) is 3.26. The highest BCUT2D eigenvalue weighted by Gasteiger charge is 2.42. The maximum absolute atomic E-state index is 12.9. The lowest BCUT2D eigenvalue weighted by Crippen LogP contribution is -2.34. The maximum atomic E-state index is 12.9. The average molecular weight is 239 g/mol. The van der Waals surface area contributed by atoms with Crippen LogP contribution in [0.5, 0.6) is 5.75 Å². The van der Waals surface area contributed by atoms with Crippen molar-refractivity contribution in [3.05, 3.63) is 36.5 Å². The monoisotopic (exact) mass is 239 g/mol. The molecule has 2 rings (SSSR count). The molecule has 0 atom stereocenters. The van der Waals surface area contributed by atoms with Gasteiger partial charge in [-0.1, -0.05) is 18.2 Å². The number of aromatic nitrogens is 1. The van der Waals surface area contributed by atoms with E-state index in [1.54, 1.807) is 18.2 Å². The van der Waals surface area contributed by atoms with Crippen LogP contribution in [0.25, 0.3) is 10.9 Å². The van der Waals surface area contributed by atoms with E-state index in [-0.39, 0.29) is 11.3 Å². The van der Waals surface area contributed by atoms with Crippen LogP contribution in [0.4, 0.5) is 8.78 Å². The summed E-state index contributed by atoms with van der Waals surface area (Å²) in [5.74, 6) is -2.61. The predicted molar refractivity (Wildman–Crippen MR) is 55.0 cm³/mol. The molecular weight excluding hydrogens is 232 g/mol. The third-order valence-corrected chi connectivity index (χ3v) is 2.08. The summed E-state index contributed by atoms with van der Waals surface area (Å²) in [6.07, 6.45) is -2.86. The molecule has 1 aromatic heterocycles. The Morgan fingerprint density at radius 1 is 1.29 bits per heavy atom. The van der Waals surface area contributed by atoms with E-state index in [1.165, 1.54) is 18.3 Å². The van der Waals surface area contributed by atoms with Gasteiger partial charge in [0.2, 0.25) is 0 Å². The number of hydrogen-bond donors (Lipinski definition) is 1. The first-order chi connectivity index (χ1) is 8.00. The highest BCUT2D eigenvalue weighted by Crippen LogP contribution is 2.28. The van der Waals surface area contributed by atoms with Crippen LogP contribution >= 0.6 is 0 Å². The van der Waals surface area contributed by atoms with Crippen molar-refractivity contribution in [1.82, 2.24) is 4.98 Å². The number of alkyl halides is 2. The number of carboxylic acid groups (broad SMARTS) is 1. The minimum absolute atomic E-state index is 0.191. The smallest absolute Gasteiger partial charge is 0.474 e. The summed E-state index contributed by atoms with van der Waals surface area (Å²) in [5.41, 5.74) is 0.191. The van der Waals surface area contributed by atoms with E-state index in [2.05, 4.69) is 9.72 Å². The van der Waals surface area contributed by atoms with Gasteiger partial charge in [0.1, 0.15) is 5.52 Å². The summed E-state index contributed by atoms with van der Waals surface area (Å²) in [6, 6.07) is 7.69. The van der Waals surface area contributed by atoms with Crippen LogP contribution in [0.15, 0.2) is 36.5 Å². The van der Waals surface area contributed by atoms with Crippen LogP contribution in [0.3, 0.4) is 0 Å². The van der Waals surface area contributed by atoms with Crippen LogP contribution in [0.2, 0.25) is 0 Å². The van der Waals surface area contributed by atoms with Gasteiger partial charge < -0.3 is 9.84 Å². The molecule has 0 radical (unpaired) electrons. The van der Waals surface area contributed by atoms with Gasteiger partial charge in [0.05, 0.1) is 0 Å². The number of carboxylic acids is 1. The van der Waals surface area contributed by atoms with E-state index >= 15 is 0 Å². The summed E-state index contributed by atoms with van der Waals surface area (Å²) >= 11 is 0. The van der Waals surface area contributed by atoms with E-state index in [0.29, 0.717) is 5.39 Å². The Labute approximate surface area is 94.5 Å². The second-order valence-electron chi connectivity index (χ2n) is 3.26. The van der Waals surface area contributed by atoms with Gasteiger partial charge in [-0.25, -0.2) is 4.79 Å². The third kappa shape index (κ3) is 2.15. The van der Waals surface area contributed by atoms with E-state index in [1.807, 2.05) is 0 Å². The molecule has 0 spiro atoms. The lowest BCUT2D eigenvalue weighted by Gasteiger charge is -2.14. The van der Waals surface area contributed by atoms with Gasteiger partial charge >= 0.3 is 12.1 Å². The quantitative estimate of drug-likeness (QED) is 0.892. The fraction of sp³-hybridized carbons (Fsp3) is 0.0909. The number of fused-ring (bicyclic) bond motifs is 1. The number of pyridine rings is 1. The normalized spacial score (nSPS) is 11.4. The maximum Gasteiger partial charge on any atom is 0.501 e. The number of ether oxygens (including phenoxy) is 1. The fourth-order valence-electron chi connectivity index (χ4n) is 1.34. The number of halogens is 2. The molecular formula is C11H7F2NO3. The molecule has 0 unspecified atom stereocenters. The molecule has 0 aliphatic rings. The molecule has 1 aromatic carbocycles. The molecule has 0 saturated heterocycles. The Hall–Kier alpha value is -2.24. The Kier molecular flexibility index (Phi) is 2.63. The first-order valence-corrected chi connectivity index (χ1v) is 4.65. The SMILES string of the molecule is O=C(O)C(F)(F)Oc1cccc2cccnc12. The number of nitrogens with zero attached hydrogens (tertiary/aromatic N) is 1. The molecule has 0 aliphatic carbocycles.